The maximum Gasteiger partial charge on any atom is 0.185 e. The third-order valence-corrected chi connectivity index (χ3v) is 3.52. The van der Waals surface area contributed by atoms with Gasteiger partial charge in [0.15, 0.2) is 5.78 Å². The van der Waals surface area contributed by atoms with E-state index in [9.17, 15) is 4.79 Å². The highest BCUT2D eigenvalue weighted by Crippen LogP contribution is 2.31. The monoisotopic (exact) mass is 222 g/mol. The summed E-state index contributed by atoms with van der Waals surface area (Å²) in [5.74, 6) is 0.551. The summed E-state index contributed by atoms with van der Waals surface area (Å²) in [4.78, 5) is 12.3. The van der Waals surface area contributed by atoms with Crippen molar-refractivity contribution in [2.24, 2.45) is 24.6 Å². The van der Waals surface area contributed by atoms with Crippen molar-refractivity contribution in [1.29, 1.82) is 0 Å². The fourth-order valence-corrected chi connectivity index (χ4v) is 2.54. The summed E-state index contributed by atoms with van der Waals surface area (Å²) in [5.41, 5.74) is 6.33. The van der Waals surface area contributed by atoms with Gasteiger partial charge in [-0.3, -0.25) is 4.79 Å². The van der Waals surface area contributed by atoms with Gasteiger partial charge < -0.3 is 5.73 Å². The van der Waals surface area contributed by atoms with Crippen LogP contribution in [0.2, 0.25) is 0 Å². The Balaban J connectivity index is 2.17. The summed E-state index contributed by atoms with van der Waals surface area (Å²) >= 11 is 0. The molecule has 2 atom stereocenters. The molecule has 1 aromatic heterocycles. The summed E-state index contributed by atoms with van der Waals surface area (Å²) in [7, 11) is 1.75. The molecule has 1 aliphatic rings. The number of hydrogen-bond acceptors (Lipinski definition) is 4. The molecule has 2 N–H and O–H groups in total. The van der Waals surface area contributed by atoms with Crippen LogP contribution in [-0.2, 0) is 7.05 Å². The van der Waals surface area contributed by atoms with Gasteiger partial charge in [0, 0.05) is 13.0 Å². The molecule has 0 aliphatic heterocycles. The van der Waals surface area contributed by atoms with Crippen LogP contribution in [0.15, 0.2) is 6.20 Å². The Hall–Kier alpha value is -1.23. The van der Waals surface area contributed by atoms with Crippen molar-refractivity contribution < 1.29 is 4.79 Å². The molecule has 5 heteroatoms. The Morgan fingerprint density at radius 2 is 2.31 bits per heavy atom. The highest BCUT2D eigenvalue weighted by molar-refractivity contribution is 5.96. The molecule has 0 spiro atoms. The second kappa shape index (κ2) is 4.74. The van der Waals surface area contributed by atoms with Crippen molar-refractivity contribution >= 4 is 5.78 Å². The van der Waals surface area contributed by atoms with Gasteiger partial charge in [0.1, 0.15) is 5.69 Å². The van der Waals surface area contributed by atoms with Crippen molar-refractivity contribution in [1.82, 2.24) is 15.0 Å². The van der Waals surface area contributed by atoms with E-state index in [0.29, 0.717) is 18.2 Å². The molecule has 16 heavy (non-hydrogen) atoms. The second-order valence-electron chi connectivity index (χ2n) is 4.49. The van der Waals surface area contributed by atoms with E-state index in [0.717, 1.165) is 19.3 Å². The Kier molecular flexibility index (Phi) is 3.33. The lowest BCUT2D eigenvalue weighted by Crippen LogP contribution is -2.33. The molecule has 2 unspecified atom stereocenters. The van der Waals surface area contributed by atoms with Crippen LogP contribution < -0.4 is 5.73 Å². The van der Waals surface area contributed by atoms with Crippen molar-refractivity contribution in [3.8, 4) is 0 Å². The fraction of sp³-hybridized carbons (Fsp3) is 0.727. The second-order valence-corrected chi connectivity index (χ2v) is 4.49. The maximum absolute atomic E-state index is 12.3. The van der Waals surface area contributed by atoms with Gasteiger partial charge in [0.2, 0.25) is 0 Å². The molecule has 88 valence electrons. The SMILES string of the molecule is Cn1nncc1C(=O)C1CCCCC1CN. The van der Waals surface area contributed by atoms with E-state index in [-0.39, 0.29) is 11.7 Å². The van der Waals surface area contributed by atoms with E-state index < -0.39 is 0 Å². The first kappa shape index (κ1) is 11.3. The summed E-state index contributed by atoms with van der Waals surface area (Å²) in [5, 5.41) is 7.55. The highest BCUT2D eigenvalue weighted by atomic mass is 16.1. The number of carbonyl (C=O) groups excluding carboxylic acids is 1. The minimum atomic E-state index is 0.0657. The summed E-state index contributed by atoms with van der Waals surface area (Å²) < 4.78 is 1.55. The normalized spacial score (nSPS) is 25.6. The summed E-state index contributed by atoms with van der Waals surface area (Å²) in [6.07, 6.45) is 5.88. The molecular formula is C11H18N4O. The number of aromatic nitrogens is 3. The van der Waals surface area contributed by atoms with Gasteiger partial charge >= 0.3 is 0 Å². The number of ketones is 1. The molecule has 1 saturated carbocycles. The lowest BCUT2D eigenvalue weighted by atomic mass is 9.76. The first-order chi connectivity index (χ1) is 7.74. The van der Waals surface area contributed by atoms with Gasteiger partial charge in [-0.2, -0.15) is 0 Å². The predicted octanol–water partition coefficient (Wildman–Crippen LogP) is 0.763. The number of nitrogens with zero attached hydrogens (tertiary/aromatic N) is 3. The standard InChI is InChI=1S/C11H18N4O/c1-15-10(7-13-14-15)11(16)9-5-3-2-4-8(9)6-12/h7-9H,2-6,12H2,1H3. The van der Waals surface area contributed by atoms with Crippen molar-refractivity contribution in [2.75, 3.05) is 6.54 Å². The molecule has 1 aromatic rings. The smallest absolute Gasteiger partial charge is 0.185 e. The topological polar surface area (TPSA) is 73.8 Å². The zero-order valence-corrected chi connectivity index (χ0v) is 9.59. The van der Waals surface area contributed by atoms with Crippen molar-refractivity contribution in [3.63, 3.8) is 0 Å². The van der Waals surface area contributed by atoms with Gasteiger partial charge in [0.25, 0.3) is 0 Å². The Morgan fingerprint density at radius 3 is 2.94 bits per heavy atom. The van der Waals surface area contributed by atoms with Crippen LogP contribution >= 0.6 is 0 Å². The third kappa shape index (κ3) is 2.00. The number of carbonyl (C=O) groups is 1. The van der Waals surface area contributed by atoms with E-state index >= 15 is 0 Å². The molecule has 0 radical (unpaired) electrons. The molecule has 1 fully saturated rings. The average Bonchev–Trinajstić information content (AvgIpc) is 2.74. The predicted molar refractivity (Wildman–Crippen MR) is 59.8 cm³/mol. The third-order valence-electron chi connectivity index (χ3n) is 3.52. The van der Waals surface area contributed by atoms with Crippen LogP contribution in [0.5, 0.6) is 0 Å². The van der Waals surface area contributed by atoms with Gasteiger partial charge in [-0.05, 0) is 25.3 Å². The molecule has 0 saturated heterocycles. The Bertz CT molecular complexity index is 374. The van der Waals surface area contributed by atoms with Crippen LogP contribution in [0.4, 0.5) is 0 Å². The van der Waals surface area contributed by atoms with Gasteiger partial charge in [0.05, 0.1) is 6.20 Å². The van der Waals surface area contributed by atoms with Crippen molar-refractivity contribution in [2.45, 2.75) is 25.7 Å². The lowest BCUT2D eigenvalue weighted by Gasteiger charge is -2.29. The van der Waals surface area contributed by atoms with Crippen LogP contribution in [0.3, 0.4) is 0 Å². The number of rotatable bonds is 3. The van der Waals surface area contributed by atoms with E-state index in [1.54, 1.807) is 17.9 Å². The molecule has 0 amide bonds. The number of Topliss-reactive ketones (excluding diaryl/α,β-unsaturated/α-hetero) is 1. The van der Waals surface area contributed by atoms with Crippen LogP contribution in [-0.4, -0.2) is 27.3 Å². The molecule has 5 nitrogen and oxygen atoms in total. The molecule has 1 aliphatic carbocycles. The number of aryl methyl sites for hydroxylation is 1. The van der Waals surface area contributed by atoms with Gasteiger partial charge in [-0.15, -0.1) is 5.10 Å². The minimum Gasteiger partial charge on any atom is -0.330 e. The maximum atomic E-state index is 12.3. The van der Waals surface area contributed by atoms with E-state index in [1.807, 2.05) is 0 Å². The first-order valence-electron chi connectivity index (χ1n) is 5.83. The minimum absolute atomic E-state index is 0.0657. The zero-order chi connectivity index (χ0) is 11.5. The van der Waals surface area contributed by atoms with Crippen molar-refractivity contribution in [3.05, 3.63) is 11.9 Å². The number of hydrogen-bond donors (Lipinski definition) is 1. The van der Waals surface area contributed by atoms with Crippen LogP contribution in [0.1, 0.15) is 36.2 Å². The van der Waals surface area contributed by atoms with Gasteiger partial charge in [-0.25, -0.2) is 4.68 Å². The largest absolute Gasteiger partial charge is 0.330 e. The Labute approximate surface area is 95.0 Å². The molecule has 2 rings (SSSR count). The van der Waals surface area contributed by atoms with Gasteiger partial charge in [-0.1, -0.05) is 18.1 Å². The first-order valence-corrected chi connectivity index (χ1v) is 5.83. The zero-order valence-electron chi connectivity index (χ0n) is 9.59. The Morgan fingerprint density at radius 1 is 1.56 bits per heavy atom. The van der Waals surface area contributed by atoms with E-state index in [2.05, 4.69) is 10.3 Å². The molecular weight excluding hydrogens is 204 g/mol. The molecule has 0 aromatic carbocycles. The quantitative estimate of drug-likeness (QED) is 0.766. The number of nitrogens with two attached hydrogens (primary N) is 1. The molecule has 1 heterocycles. The average molecular weight is 222 g/mol. The van der Waals surface area contributed by atoms with E-state index in [4.69, 9.17) is 5.73 Å². The molecule has 0 bridgehead atoms. The lowest BCUT2D eigenvalue weighted by molar-refractivity contribution is 0.0819. The summed E-state index contributed by atoms with van der Waals surface area (Å²) in [6.45, 7) is 0.599. The fourth-order valence-electron chi connectivity index (χ4n) is 2.54. The summed E-state index contributed by atoms with van der Waals surface area (Å²) in [6, 6.07) is 0. The highest BCUT2D eigenvalue weighted by Gasteiger charge is 2.31. The van der Waals surface area contributed by atoms with Crippen LogP contribution in [0, 0.1) is 11.8 Å². The van der Waals surface area contributed by atoms with Crippen LogP contribution in [0.25, 0.3) is 0 Å². The van der Waals surface area contributed by atoms with E-state index in [1.165, 1.54) is 6.42 Å².